The molecule has 3 nitrogen and oxygen atoms in total. The molecule has 96 valence electrons. The molecule has 1 aromatic carbocycles. The average molecular weight is 270 g/mol. The Morgan fingerprint density at radius 1 is 1.26 bits per heavy atom. The highest BCUT2D eigenvalue weighted by atomic mass is 32.1. The van der Waals surface area contributed by atoms with E-state index in [1.54, 1.807) is 16.2 Å². The van der Waals surface area contributed by atoms with Gasteiger partial charge in [-0.3, -0.25) is 4.79 Å². The Balaban J connectivity index is 1.78. The Morgan fingerprint density at radius 2 is 2.05 bits per heavy atom. The molecule has 0 spiro atoms. The highest BCUT2D eigenvalue weighted by Gasteiger charge is 2.14. The van der Waals surface area contributed by atoms with Crippen LogP contribution in [0.5, 0.6) is 0 Å². The fraction of sp³-hybridized carbons (Fsp3) is 0.133. The Morgan fingerprint density at radius 3 is 2.79 bits per heavy atom. The molecule has 4 heteroatoms. The van der Waals surface area contributed by atoms with Crippen molar-refractivity contribution in [1.82, 2.24) is 9.88 Å². The summed E-state index contributed by atoms with van der Waals surface area (Å²) in [7, 11) is 1.82. The van der Waals surface area contributed by atoms with Crippen molar-refractivity contribution in [2.24, 2.45) is 0 Å². The third-order valence-corrected chi connectivity index (χ3v) is 3.94. The number of carbonyl (C=O) groups is 1. The number of hydrogen-bond donors (Lipinski definition) is 1. The fourth-order valence-corrected chi connectivity index (χ4v) is 2.88. The van der Waals surface area contributed by atoms with Gasteiger partial charge in [0, 0.05) is 13.6 Å². The van der Waals surface area contributed by atoms with Crippen LogP contribution in [0, 0.1) is 0 Å². The van der Waals surface area contributed by atoms with Gasteiger partial charge in [0.1, 0.15) is 5.69 Å². The second-order valence-electron chi connectivity index (χ2n) is 4.53. The minimum atomic E-state index is 0.0206. The quantitative estimate of drug-likeness (QED) is 0.777. The Bertz CT molecular complexity index is 671. The highest BCUT2D eigenvalue weighted by Crippen LogP contribution is 2.22. The van der Waals surface area contributed by atoms with E-state index in [2.05, 4.69) is 4.98 Å². The number of H-pyrrole nitrogens is 1. The van der Waals surface area contributed by atoms with Crippen molar-refractivity contribution in [2.75, 3.05) is 7.05 Å². The standard InChI is InChI=1S/C15H14N2OS/c1-17(10-11-5-3-2-4-6-11)15(18)13-9-14-12(16-13)7-8-19-14/h2-9,16H,10H2,1H3. The number of benzene rings is 1. The van der Waals surface area contributed by atoms with E-state index in [1.807, 2.05) is 54.9 Å². The van der Waals surface area contributed by atoms with Crippen LogP contribution in [0.25, 0.3) is 10.2 Å². The first-order chi connectivity index (χ1) is 9.24. The number of aromatic nitrogens is 1. The van der Waals surface area contributed by atoms with Gasteiger partial charge < -0.3 is 9.88 Å². The molecule has 0 saturated carbocycles. The molecular weight excluding hydrogens is 256 g/mol. The maximum atomic E-state index is 12.3. The summed E-state index contributed by atoms with van der Waals surface area (Å²) in [4.78, 5) is 17.2. The van der Waals surface area contributed by atoms with Gasteiger partial charge in [-0.1, -0.05) is 30.3 Å². The molecule has 0 aliphatic rings. The maximum absolute atomic E-state index is 12.3. The minimum Gasteiger partial charge on any atom is -0.350 e. The van der Waals surface area contributed by atoms with E-state index in [9.17, 15) is 4.79 Å². The number of nitrogens with zero attached hydrogens (tertiary/aromatic N) is 1. The molecule has 0 aliphatic heterocycles. The summed E-state index contributed by atoms with van der Waals surface area (Å²) in [5.41, 5.74) is 2.81. The normalized spacial score (nSPS) is 10.8. The van der Waals surface area contributed by atoms with Gasteiger partial charge in [-0.05, 0) is 23.1 Å². The van der Waals surface area contributed by atoms with Crippen LogP contribution in [-0.2, 0) is 6.54 Å². The number of thiophene rings is 1. The van der Waals surface area contributed by atoms with Crippen LogP contribution >= 0.6 is 11.3 Å². The van der Waals surface area contributed by atoms with Crippen LogP contribution in [0.3, 0.4) is 0 Å². The Hall–Kier alpha value is -2.07. The third-order valence-electron chi connectivity index (χ3n) is 3.08. The summed E-state index contributed by atoms with van der Waals surface area (Å²) in [6.07, 6.45) is 0. The second kappa shape index (κ2) is 4.90. The lowest BCUT2D eigenvalue weighted by Crippen LogP contribution is -2.26. The zero-order valence-electron chi connectivity index (χ0n) is 10.6. The summed E-state index contributed by atoms with van der Waals surface area (Å²) in [6.45, 7) is 0.617. The molecule has 0 atom stereocenters. The van der Waals surface area contributed by atoms with E-state index in [0.717, 1.165) is 15.8 Å². The van der Waals surface area contributed by atoms with E-state index >= 15 is 0 Å². The molecule has 1 N–H and O–H groups in total. The van der Waals surface area contributed by atoms with Gasteiger partial charge >= 0.3 is 0 Å². The molecule has 0 unspecified atom stereocenters. The van der Waals surface area contributed by atoms with Crippen LogP contribution in [0.2, 0.25) is 0 Å². The number of amides is 1. The van der Waals surface area contributed by atoms with Crippen molar-refractivity contribution in [3.05, 3.63) is 59.1 Å². The SMILES string of the molecule is CN(Cc1ccccc1)C(=O)c1cc2sccc2[nH]1. The number of fused-ring (bicyclic) bond motifs is 1. The Labute approximate surface area is 115 Å². The summed E-state index contributed by atoms with van der Waals surface area (Å²) in [5, 5.41) is 2.02. The zero-order valence-corrected chi connectivity index (χ0v) is 11.4. The molecule has 0 saturated heterocycles. The predicted molar refractivity (Wildman–Crippen MR) is 78.4 cm³/mol. The molecule has 3 aromatic rings. The van der Waals surface area contributed by atoms with Crippen molar-refractivity contribution in [3.63, 3.8) is 0 Å². The molecule has 0 radical (unpaired) electrons. The molecule has 19 heavy (non-hydrogen) atoms. The number of nitrogens with one attached hydrogen (secondary N) is 1. The van der Waals surface area contributed by atoms with Crippen molar-refractivity contribution < 1.29 is 4.79 Å². The van der Waals surface area contributed by atoms with Gasteiger partial charge in [0.15, 0.2) is 0 Å². The van der Waals surface area contributed by atoms with Crippen molar-refractivity contribution in [2.45, 2.75) is 6.54 Å². The molecule has 1 amide bonds. The monoisotopic (exact) mass is 270 g/mol. The van der Waals surface area contributed by atoms with Crippen molar-refractivity contribution in [1.29, 1.82) is 0 Å². The molecule has 0 bridgehead atoms. The van der Waals surface area contributed by atoms with Crippen LogP contribution in [-0.4, -0.2) is 22.8 Å². The first-order valence-corrected chi connectivity index (χ1v) is 6.97. The third kappa shape index (κ3) is 2.39. The molecule has 0 fully saturated rings. The van der Waals surface area contributed by atoms with Gasteiger partial charge in [-0.25, -0.2) is 0 Å². The average Bonchev–Trinajstić information content (AvgIpc) is 2.99. The second-order valence-corrected chi connectivity index (χ2v) is 5.48. The van der Waals surface area contributed by atoms with Crippen molar-refractivity contribution >= 4 is 27.5 Å². The van der Waals surface area contributed by atoms with Crippen LogP contribution in [0.1, 0.15) is 16.1 Å². The lowest BCUT2D eigenvalue weighted by molar-refractivity contribution is 0.0780. The number of hydrogen-bond acceptors (Lipinski definition) is 2. The van der Waals surface area contributed by atoms with Gasteiger partial charge in [0.05, 0.1) is 10.2 Å². The summed E-state index contributed by atoms with van der Waals surface area (Å²) in [5.74, 6) is 0.0206. The fourth-order valence-electron chi connectivity index (χ4n) is 2.10. The zero-order chi connectivity index (χ0) is 13.2. The smallest absolute Gasteiger partial charge is 0.270 e. The first kappa shape index (κ1) is 12.0. The number of rotatable bonds is 3. The number of carbonyl (C=O) groups excluding carboxylic acids is 1. The van der Waals surface area contributed by atoms with Crippen LogP contribution < -0.4 is 0 Å². The van der Waals surface area contributed by atoms with Gasteiger partial charge in [0.2, 0.25) is 0 Å². The van der Waals surface area contributed by atoms with Crippen LogP contribution in [0.15, 0.2) is 47.8 Å². The Kier molecular flexibility index (Phi) is 3.09. The van der Waals surface area contributed by atoms with Crippen LogP contribution in [0.4, 0.5) is 0 Å². The molecule has 3 rings (SSSR count). The minimum absolute atomic E-state index is 0.0206. The summed E-state index contributed by atoms with van der Waals surface area (Å²) < 4.78 is 1.12. The molecular formula is C15H14N2OS. The summed E-state index contributed by atoms with van der Waals surface area (Å²) >= 11 is 1.64. The maximum Gasteiger partial charge on any atom is 0.270 e. The lowest BCUT2D eigenvalue weighted by Gasteiger charge is -2.16. The van der Waals surface area contributed by atoms with E-state index < -0.39 is 0 Å². The highest BCUT2D eigenvalue weighted by molar-refractivity contribution is 7.17. The first-order valence-electron chi connectivity index (χ1n) is 6.09. The van der Waals surface area contributed by atoms with Crippen molar-refractivity contribution in [3.8, 4) is 0 Å². The van der Waals surface area contributed by atoms with E-state index in [4.69, 9.17) is 0 Å². The summed E-state index contributed by atoms with van der Waals surface area (Å²) in [6, 6.07) is 13.9. The predicted octanol–water partition coefficient (Wildman–Crippen LogP) is 3.50. The van der Waals surface area contributed by atoms with Gasteiger partial charge in [-0.2, -0.15) is 0 Å². The lowest BCUT2D eigenvalue weighted by atomic mass is 10.2. The van der Waals surface area contributed by atoms with Gasteiger partial charge in [0.25, 0.3) is 5.91 Å². The molecule has 2 heterocycles. The molecule has 0 aliphatic carbocycles. The van der Waals surface area contributed by atoms with Gasteiger partial charge in [-0.15, -0.1) is 11.3 Å². The van der Waals surface area contributed by atoms with E-state index in [-0.39, 0.29) is 5.91 Å². The number of aromatic amines is 1. The van der Waals surface area contributed by atoms with E-state index in [1.165, 1.54) is 0 Å². The largest absolute Gasteiger partial charge is 0.350 e. The van der Waals surface area contributed by atoms with E-state index in [0.29, 0.717) is 12.2 Å². The molecule has 2 aromatic heterocycles. The topological polar surface area (TPSA) is 36.1 Å².